The second-order valence-corrected chi connectivity index (χ2v) is 4.02. The topological polar surface area (TPSA) is 38.1 Å². The molecule has 0 bridgehead atoms. The Morgan fingerprint density at radius 1 is 1.53 bits per heavy atom. The van der Waals surface area contributed by atoms with Crippen LogP contribution in [-0.2, 0) is 7.05 Å². The van der Waals surface area contributed by atoms with Gasteiger partial charge in [-0.1, -0.05) is 0 Å². The smallest absolute Gasteiger partial charge is 0.293 e. The van der Waals surface area contributed by atoms with Crippen molar-refractivity contribution < 1.29 is 4.79 Å². The van der Waals surface area contributed by atoms with E-state index in [0.717, 1.165) is 16.7 Å². The van der Waals surface area contributed by atoms with Gasteiger partial charge in [0, 0.05) is 35.7 Å². The van der Waals surface area contributed by atoms with Crippen LogP contribution in [0.2, 0.25) is 0 Å². The van der Waals surface area contributed by atoms with Crippen LogP contribution in [0.1, 0.15) is 0 Å². The minimum atomic E-state index is -0.169. The number of hydrogen-bond donors (Lipinski definition) is 0. The first-order valence-corrected chi connectivity index (χ1v) is 5.23. The Labute approximate surface area is 95.6 Å². The predicted molar refractivity (Wildman–Crippen MR) is 63.4 cm³/mol. The second kappa shape index (κ2) is 3.66. The van der Waals surface area contributed by atoms with Gasteiger partial charge < -0.3 is 9.47 Å². The van der Waals surface area contributed by atoms with Crippen LogP contribution in [0, 0.1) is 0 Å². The summed E-state index contributed by atoms with van der Waals surface area (Å²) in [7, 11) is 3.65. The molecule has 0 aliphatic rings. The van der Waals surface area contributed by atoms with Gasteiger partial charge in [-0.05, 0) is 18.2 Å². The van der Waals surface area contributed by atoms with E-state index in [1.807, 2.05) is 29.8 Å². The molecule has 1 aromatic heterocycles. The zero-order valence-electron chi connectivity index (χ0n) is 8.44. The number of carbonyl (C=O) groups excluding carboxylic acids is 1. The molecule has 4 nitrogen and oxygen atoms in total. The van der Waals surface area contributed by atoms with Crippen molar-refractivity contribution in [3.63, 3.8) is 0 Å². The minimum absolute atomic E-state index is 0.169. The van der Waals surface area contributed by atoms with Crippen LogP contribution >= 0.6 is 15.9 Å². The highest BCUT2D eigenvalue weighted by Crippen LogP contribution is 2.21. The molecule has 15 heavy (non-hydrogen) atoms. The molecule has 1 aromatic carbocycles. The van der Waals surface area contributed by atoms with Crippen LogP contribution in [0.15, 0.2) is 24.5 Å². The van der Waals surface area contributed by atoms with E-state index in [2.05, 4.69) is 20.9 Å². The first-order chi connectivity index (χ1) is 7.09. The number of nitrogens with zero attached hydrogens (tertiary/aromatic N) is 3. The van der Waals surface area contributed by atoms with Crippen molar-refractivity contribution in [1.29, 1.82) is 0 Å². The Morgan fingerprint density at radius 3 is 2.93 bits per heavy atom. The van der Waals surface area contributed by atoms with Crippen LogP contribution in [0.3, 0.4) is 0 Å². The van der Waals surface area contributed by atoms with Crippen molar-refractivity contribution in [2.45, 2.75) is 0 Å². The van der Waals surface area contributed by atoms with Crippen molar-refractivity contribution in [3.05, 3.63) is 24.5 Å². The van der Waals surface area contributed by atoms with Gasteiger partial charge in [0.2, 0.25) is 0 Å². The number of amides is 1. The van der Waals surface area contributed by atoms with E-state index >= 15 is 0 Å². The molecule has 0 saturated heterocycles. The first-order valence-electron chi connectivity index (χ1n) is 4.44. The van der Waals surface area contributed by atoms with Crippen LogP contribution in [0.5, 0.6) is 0 Å². The maximum Gasteiger partial charge on any atom is 0.293 e. The number of aryl methyl sites for hydroxylation is 1. The Morgan fingerprint density at radius 2 is 2.27 bits per heavy atom. The average Bonchev–Trinajstić information content (AvgIpc) is 2.59. The fourth-order valence-corrected chi connectivity index (χ4v) is 1.64. The van der Waals surface area contributed by atoms with E-state index in [0.29, 0.717) is 0 Å². The molecule has 0 atom stereocenters. The summed E-state index contributed by atoms with van der Waals surface area (Å²) in [5.74, 6) is 0. The van der Waals surface area contributed by atoms with Crippen molar-refractivity contribution in [2.24, 2.45) is 7.05 Å². The van der Waals surface area contributed by atoms with Gasteiger partial charge in [0.1, 0.15) is 0 Å². The molecule has 0 N–H and O–H groups in total. The largest absolute Gasteiger partial charge is 0.334 e. The predicted octanol–water partition coefficient (Wildman–Crippen LogP) is 2.52. The van der Waals surface area contributed by atoms with E-state index in [1.165, 1.54) is 4.90 Å². The number of aromatic nitrogens is 2. The number of rotatable bonds is 1. The lowest BCUT2D eigenvalue weighted by atomic mass is 10.2. The van der Waals surface area contributed by atoms with Gasteiger partial charge in [0.05, 0.1) is 17.4 Å². The number of carbonyl (C=O) groups is 1. The monoisotopic (exact) mass is 267 g/mol. The fourth-order valence-electron chi connectivity index (χ4n) is 1.43. The zero-order chi connectivity index (χ0) is 11.0. The summed E-state index contributed by atoms with van der Waals surface area (Å²) in [6.07, 6.45) is 1.75. The van der Waals surface area contributed by atoms with Crippen molar-refractivity contribution >= 4 is 37.5 Å². The number of halogens is 1. The van der Waals surface area contributed by atoms with Gasteiger partial charge >= 0.3 is 0 Å². The van der Waals surface area contributed by atoms with Gasteiger partial charge in [-0.3, -0.25) is 4.79 Å². The van der Waals surface area contributed by atoms with Crippen molar-refractivity contribution in [2.75, 3.05) is 11.9 Å². The molecular weight excluding hydrogens is 258 g/mol. The summed E-state index contributed by atoms with van der Waals surface area (Å²) in [4.78, 5) is 16.7. The quantitative estimate of drug-likeness (QED) is 0.588. The lowest BCUT2D eigenvalue weighted by Crippen LogP contribution is -2.18. The average molecular weight is 268 g/mol. The van der Waals surface area contributed by atoms with Gasteiger partial charge in [-0.15, -0.1) is 0 Å². The Kier molecular flexibility index (Phi) is 2.48. The molecule has 0 spiro atoms. The number of hydrogen-bond acceptors (Lipinski definition) is 2. The highest BCUT2D eigenvalue weighted by atomic mass is 79.9. The zero-order valence-corrected chi connectivity index (χ0v) is 10.0. The number of fused-ring (bicyclic) bond motifs is 1. The molecule has 5 heteroatoms. The number of anilines is 1. The van der Waals surface area contributed by atoms with E-state index in [4.69, 9.17) is 0 Å². The molecule has 0 fully saturated rings. The van der Waals surface area contributed by atoms with E-state index in [9.17, 15) is 4.79 Å². The second-order valence-electron chi connectivity index (χ2n) is 3.34. The number of benzene rings is 1. The highest BCUT2D eigenvalue weighted by Gasteiger charge is 2.08. The lowest BCUT2D eigenvalue weighted by Gasteiger charge is -2.13. The summed E-state index contributed by atoms with van der Waals surface area (Å²) in [6.45, 7) is 0. The summed E-state index contributed by atoms with van der Waals surface area (Å²) >= 11 is 2.91. The Hall–Kier alpha value is -1.36. The normalized spacial score (nSPS) is 10.6. The van der Waals surface area contributed by atoms with Gasteiger partial charge in [-0.25, -0.2) is 4.98 Å². The van der Waals surface area contributed by atoms with Crippen LogP contribution in [-0.4, -0.2) is 21.4 Å². The molecule has 2 aromatic rings. The highest BCUT2D eigenvalue weighted by molar-refractivity contribution is 9.18. The molecule has 1 heterocycles. The third-order valence-corrected chi connectivity index (χ3v) is 2.89. The third kappa shape index (κ3) is 1.74. The molecular formula is C10H10BrN3O. The molecule has 0 saturated carbocycles. The molecule has 0 aliphatic carbocycles. The molecule has 0 radical (unpaired) electrons. The standard InChI is InChI=1S/C10H10BrN3O/c1-13-6-12-8-5-7(3-4-9(8)13)14(2)10(11)15/h3-6H,1-2H3. The Balaban J connectivity index is 2.52. The number of imidazole rings is 1. The fraction of sp³-hybridized carbons (Fsp3) is 0.200. The SMILES string of the molecule is CN(C(=O)Br)c1ccc2c(c1)ncn2C. The van der Waals surface area contributed by atoms with E-state index < -0.39 is 0 Å². The molecule has 0 aliphatic heterocycles. The molecule has 2 rings (SSSR count). The van der Waals surface area contributed by atoms with Crippen LogP contribution < -0.4 is 4.90 Å². The molecule has 1 amide bonds. The van der Waals surface area contributed by atoms with Gasteiger partial charge in [0.25, 0.3) is 4.82 Å². The summed E-state index contributed by atoms with van der Waals surface area (Å²) in [5.41, 5.74) is 2.76. The van der Waals surface area contributed by atoms with Gasteiger partial charge in [-0.2, -0.15) is 0 Å². The van der Waals surface area contributed by atoms with Crippen molar-refractivity contribution in [3.8, 4) is 0 Å². The summed E-state index contributed by atoms with van der Waals surface area (Å²) in [6, 6.07) is 5.72. The maximum absolute atomic E-state index is 11.1. The summed E-state index contributed by atoms with van der Waals surface area (Å²) < 4.78 is 1.94. The molecule has 78 valence electrons. The van der Waals surface area contributed by atoms with Crippen LogP contribution in [0.25, 0.3) is 11.0 Å². The van der Waals surface area contributed by atoms with Crippen molar-refractivity contribution in [1.82, 2.24) is 9.55 Å². The Bertz CT molecular complexity index is 520. The van der Waals surface area contributed by atoms with Gasteiger partial charge in [0.15, 0.2) is 0 Å². The van der Waals surface area contributed by atoms with Crippen LogP contribution in [0.4, 0.5) is 10.5 Å². The lowest BCUT2D eigenvalue weighted by molar-refractivity contribution is 0.267. The first kappa shape index (κ1) is 10.2. The minimum Gasteiger partial charge on any atom is -0.334 e. The van der Waals surface area contributed by atoms with E-state index in [-0.39, 0.29) is 4.82 Å². The maximum atomic E-state index is 11.1. The van der Waals surface area contributed by atoms with E-state index in [1.54, 1.807) is 13.4 Å². The molecule has 0 unspecified atom stereocenters. The third-order valence-electron chi connectivity index (χ3n) is 2.36. The summed E-state index contributed by atoms with van der Waals surface area (Å²) in [5, 5.41) is 0.